The van der Waals surface area contributed by atoms with Crippen LogP contribution in [-0.4, -0.2) is 42.6 Å². The molecule has 0 radical (unpaired) electrons. The molecule has 1 aromatic rings. The number of phosphoric acid groups is 1. The van der Waals surface area contributed by atoms with E-state index in [2.05, 4.69) is 12.1 Å². The van der Waals surface area contributed by atoms with Crippen LogP contribution < -0.4 is 8.55 Å². The summed E-state index contributed by atoms with van der Waals surface area (Å²) >= 11 is 1.12. The average Bonchev–Trinajstić information content (AvgIpc) is 1.92. The molecule has 0 aliphatic rings. The Morgan fingerprint density at radius 2 is 1.46 bits per heavy atom. The fourth-order valence-corrected chi connectivity index (χ4v) is 0.900. The van der Waals surface area contributed by atoms with Gasteiger partial charge in [-0.3, -0.25) is 0 Å². The van der Waals surface area contributed by atoms with Gasteiger partial charge in [-0.2, -0.15) is 0 Å². The first-order chi connectivity index (χ1) is 5.79. The number of hydrogen-bond donors (Lipinski definition) is 4. The van der Waals surface area contributed by atoms with Crippen LogP contribution in [0.15, 0.2) is 24.3 Å². The van der Waals surface area contributed by atoms with E-state index in [0.29, 0.717) is 0 Å². The Bertz CT molecular complexity index is 267. The Morgan fingerprint density at radius 1 is 1.15 bits per heavy atom. The van der Waals surface area contributed by atoms with Gasteiger partial charge in [-0.1, -0.05) is 0 Å². The maximum Gasteiger partial charge on any atom is 0.466 e. The molecule has 0 aliphatic carbocycles. The van der Waals surface area contributed by atoms with E-state index in [4.69, 9.17) is 25.0 Å². The molecule has 0 saturated heterocycles. The monoisotopic (exact) mass is 213 g/mol. The molecule has 0 aliphatic heterocycles. The third kappa shape index (κ3) is 12.1. The molecule has 0 saturated carbocycles. The Morgan fingerprint density at radius 3 is 1.69 bits per heavy atom. The van der Waals surface area contributed by atoms with E-state index < -0.39 is 7.82 Å². The molecule has 0 aromatic heterocycles. The molecule has 0 unspecified atom stereocenters. The first kappa shape index (κ1) is 13.1. The maximum atomic E-state index is 8.88. The van der Waals surface area contributed by atoms with Gasteiger partial charge < -0.3 is 14.7 Å². The van der Waals surface area contributed by atoms with Gasteiger partial charge in [0.1, 0.15) is 0 Å². The van der Waals surface area contributed by atoms with Gasteiger partial charge in [0.25, 0.3) is 0 Å². The summed E-state index contributed by atoms with van der Waals surface area (Å²) < 4.78 is 10.3. The van der Waals surface area contributed by atoms with Crippen LogP contribution in [0.25, 0.3) is 0 Å². The van der Waals surface area contributed by atoms with E-state index in [1.54, 1.807) is 0 Å². The van der Waals surface area contributed by atoms with Crippen molar-refractivity contribution in [3.8, 4) is 0 Å². The summed E-state index contributed by atoms with van der Waals surface area (Å²) in [7, 11) is -4.64. The Labute approximate surface area is 93.2 Å². The summed E-state index contributed by atoms with van der Waals surface area (Å²) in [5.41, 5.74) is 6.29. The van der Waals surface area contributed by atoms with E-state index in [9.17, 15) is 0 Å². The van der Waals surface area contributed by atoms with Crippen LogP contribution >= 0.6 is 7.82 Å². The summed E-state index contributed by atoms with van der Waals surface area (Å²) in [6.45, 7) is 0. The van der Waals surface area contributed by atoms with E-state index in [1.807, 2.05) is 12.1 Å². The summed E-state index contributed by atoms with van der Waals surface area (Å²) in [6, 6.07) is 7.98. The largest absolute Gasteiger partial charge is 0.466 e. The van der Waals surface area contributed by atoms with E-state index in [-0.39, 0.29) is 0 Å². The van der Waals surface area contributed by atoms with E-state index in [1.165, 1.54) is 2.81 Å². The van der Waals surface area contributed by atoms with Crippen LogP contribution in [0.4, 0.5) is 5.69 Å². The van der Waals surface area contributed by atoms with Crippen LogP contribution in [0.2, 0.25) is 0 Å². The van der Waals surface area contributed by atoms with Gasteiger partial charge in [-0.15, -0.1) is 0 Å². The molecule has 1 rings (SSSR count). The van der Waals surface area contributed by atoms with Crippen molar-refractivity contribution in [2.45, 2.75) is 0 Å². The van der Waals surface area contributed by atoms with Crippen molar-refractivity contribution in [3.05, 3.63) is 24.3 Å². The second-order valence-corrected chi connectivity index (χ2v) is 4.61. The normalized spacial score (nSPS) is 10.2. The minimum atomic E-state index is -4.64. The zero-order chi connectivity index (χ0) is 10.5. The molecule has 0 atom stereocenters. The number of nitrogens with two attached hydrogens (primary N) is 1. The second kappa shape index (κ2) is 5.78. The van der Waals surface area contributed by atoms with Gasteiger partial charge in [0.05, 0.1) is 0 Å². The van der Waals surface area contributed by atoms with Gasteiger partial charge in [0.15, 0.2) is 0 Å². The Balaban J connectivity index is 0.000000252. The van der Waals surface area contributed by atoms with Gasteiger partial charge in [-0.25, -0.2) is 4.57 Å². The predicted octanol–water partition coefficient (Wildman–Crippen LogP) is -0.866. The van der Waals surface area contributed by atoms with Crippen molar-refractivity contribution < 1.29 is 19.2 Å². The van der Waals surface area contributed by atoms with Crippen LogP contribution in [0.1, 0.15) is 0 Å². The maximum absolute atomic E-state index is 8.88. The molecule has 5 nitrogen and oxygen atoms in total. The van der Waals surface area contributed by atoms with E-state index in [0.717, 1.165) is 33.6 Å². The second-order valence-electron chi connectivity index (χ2n) is 2.42. The molecule has 0 amide bonds. The number of hydrogen-bond acceptors (Lipinski definition) is 2. The van der Waals surface area contributed by atoms with Crippen molar-refractivity contribution in [1.29, 1.82) is 0 Å². The quantitative estimate of drug-likeness (QED) is 0.255. The van der Waals surface area contributed by atoms with Gasteiger partial charge in [-0.05, 0) is 0 Å². The fourth-order valence-electron chi connectivity index (χ4n) is 0.566. The van der Waals surface area contributed by atoms with Crippen molar-refractivity contribution >= 4 is 44.3 Å². The van der Waals surface area contributed by atoms with Crippen LogP contribution in [0.5, 0.6) is 0 Å². The minimum Gasteiger partial charge on any atom is -0.303 e. The third-order valence-electron chi connectivity index (χ3n) is 1.08. The zero-order valence-corrected chi connectivity index (χ0v) is 9.98. The van der Waals surface area contributed by atoms with Crippen molar-refractivity contribution in [1.82, 2.24) is 0 Å². The van der Waals surface area contributed by atoms with E-state index >= 15 is 0 Å². The number of anilines is 1. The summed E-state index contributed by atoms with van der Waals surface area (Å²) in [4.78, 5) is 21.6. The standard InChI is InChI=1S/C6H6N.Na.H3O4P/c7-6-4-2-1-3-5-6;;1-5(2,3)4/h2-5H,7H2;;(H3,1,2,3,4). The van der Waals surface area contributed by atoms with Crippen molar-refractivity contribution in [2.75, 3.05) is 5.73 Å². The fraction of sp³-hybridized carbons (Fsp3) is 0. The summed E-state index contributed by atoms with van der Waals surface area (Å²) in [6.07, 6.45) is 0. The third-order valence-corrected chi connectivity index (χ3v) is 1.74. The summed E-state index contributed by atoms with van der Waals surface area (Å²) in [5.74, 6) is 0. The molecule has 0 heterocycles. The minimum absolute atomic E-state index is 0.851. The molecule has 5 N–H and O–H groups in total. The first-order valence-corrected chi connectivity index (χ1v) is 5.96. The topological polar surface area (TPSA) is 104 Å². The molecule has 0 fully saturated rings. The Hall–Kier alpha value is 0.130. The molecule has 0 spiro atoms. The average molecular weight is 213 g/mol. The number of benzene rings is 1. The molecular formula is C6H9NNaO4P. The SMILES string of the molecule is Nc1cc[c]([Na])cc1.O=P(O)(O)O. The molecule has 7 heteroatoms. The molecule has 0 bridgehead atoms. The predicted molar refractivity (Wildman–Crippen MR) is 50.5 cm³/mol. The van der Waals surface area contributed by atoms with Crippen molar-refractivity contribution in [3.63, 3.8) is 0 Å². The first-order valence-electron chi connectivity index (χ1n) is 3.39. The van der Waals surface area contributed by atoms with Crippen LogP contribution in [0, 0.1) is 0 Å². The van der Waals surface area contributed by atoms with Gasteiger partial charge in [0, 0.05) is 0 Å². The molecule has 13 heavy (non-hydrogen) atoms. The molecule has 1 aromatic carbocycles. The van der Waals surface area contributed by atoms with Crippen molar-refractivity contribution in [2.24, 2.45) is 0 Å². The summed E-state index contributed by atoms with van der Waals surface area (Å²) in [5, 5.41) is 0. The van der Waals surface area contributed by atoms with Gasteiger partial charge >= 0.3 is 74.3 Å². The smallest absolute Gasteiger partial charge is 0.303 e. The van der Waals surface area contributed by atoms with Gasteiger partial charge in [0.2, 0.25) is 0 Å². The van der Waals surface area contributed by atoms with Crippen LogP contribution in [-0.2, 0) is 4.57 Å². The number of rotatable bonds is 0. The molecular weight excluding hydrogens is 204 g/mol. The zero-order valence-electron chi connectivity index (χ0n) is 7.08. The molecule has 68 valence electrons. The van der Waals surface area contributed by atoms with Crippen LogP contribution in [0.3, 0.4) is 0 Å². The number of nitrogen functional groups attached to an aromatic ring is 1. The Kier molecular flexibility index (Phi) is 5.83.